The van der Waals surface area contributed by atoms with E-state index in [2.05, 4.69) is 68.8 Å². The van der Waals surface area contributed by atoms with Crippen LogP contribution in [0.25, 0.3) is 16.9 Å². The molecule has 3 aromatic rings. The Morgan fingerprint density at radius 1 is 1.15 bits per heavy atom. The summed E-state index contributed by atoms with van der Waals surface area (Å²) in [6.07, 6.45) is 5.64. The number of anilines is 1. The van der Waals surface area contributed by atoms with Crippen LogP contribution in [0.4, 0.5) is 5.69 Å². The van der Waals surface area contributed by atoms with E-state index in [0.29, 0.717) is 6.42 Å². The number of aryl methyl sites for hydroxylation is 1. The lowest BCUT2D eigenvalue weighted by atomic mass is 9.91. The van der Waals surface area contributed by atoms with Crippen molar-refractivity contribution in [3.05, 3.63) is 53.9 Å². The van der Waals surface area contributed by atoms with Crippen LogP contribution in [0, 0.1) is 12.3 Å². The summed E-state index contributed by atoms with van der Waals surface area (Å²) in [5.74, 6) is 0.215. The zero-order chi connectivity index (χ0) is 18.5. The van der Waals surface area contributed by atoms with Crippen LogP contribution in [0.15, 0.2) is 42.7 Å². The van der Waals surface area contributed by atoms with Crippen LogP contribution in [0.3, 0.4) is 0 Å². The van der Waals surface area contributed by atoms with E-state index >= 15 is 0 Å². The van der Waals surface area contributed by atoms with Gasteiger partial charge in [-0.25, -0.2) is 4.98 Å². The smallest absolute Gasteiger partial charge is 0.227 e. The fourth-order valence-corrected chi connectivity index (χ4v) is 3.61. The van der Waals surface area contributed by atoms with Crippen molar-refractivity contribution in [1.29, 1.82) is 0 Å². The molecule has 0 aliphatic carbocycles. The number of hydrogen-bond acceptors (Lipinski definition) is 2. The van der Waals surface area contributed by atoms with Crippen LogP contribution in [-0.4, -0.2) is 21.8 Å². The summed E-state index contributed by atoms with van der Waals surface area (Å²) in [5.41, 5.74) is 6.54. The van der Waals surface area contributed by atoms with Crippen molar-refractivity contribution in [2.75, 3.05) is 11.4 Å². The lowest BCUT2D eigenvalue weighted by Crippen LogP contribution is -2.31. The molecule has 0 saturated heterocycles. The number of carbonyl (C=O) groups excluding carboxylic acids is 1. The second-order valence-corrected chi connectivity index (χ2v) is 8.47. The first-order valence-electron chi connectivity index (χ1n) is 9.19. The fourth-order valence-electron chi connectivity index (χ4n) is 3.61. The third-order valence-electron chi connectivity index (χ3n) is 4.85. The van der Waals surface area contributed by atoms with Crippen molar-refractivity contribution in [3.8, 4) is 11.3 Å². The minimum atomic E-state index is 0.00838. The number of pyridine rings is 1. The molecule has 0 bridgehead atoms. The Balaban J connectivity index is 1.64. The lowest BCUT2D eigenvalue weighted by molar-refractivity contribution is -0.120. The van der Waals surface area contributed by atoms with Crippen molar-refractivity contribution < 1.29 is 4.79 Å². The first kappa shape index (κ1) is 16.8. The number of carbonyl (C=O) groups is 1. The number of fused-ring (bicyclic) bond motifs is 2. The summed E-state index contributed by atoms with van der Waals surface area (Å²) in [6, 6.07) is 10.5. The van der Waals surface area contributed by atoms with E-state index in [9.17, 15) is 4.79 Å². The van der Waals surface area contributed by atoms with Crippen molar-refractivity contribution >= 4 is 17.2 Å². The van der Waals surface area contributed by atoms with Gasteiger partial charge >= 0.3 is 0 Å². The summed E-state index contributed by atoms with van der Waals surface area (Å²) in [5, 5.41) is 0. The fraction of sp³-hybridized carbons (Fsp3) is 0.364. The van der Waals surface area contributed by atoms with Gasteiger partial charge in [0.05, 0.1) is 5.69 Å². The Hall–Kier alpha value is -2.62. The van der Waals surface area contributed by atoms with Crippen LogP contribution < -0.4 is 4.90 Å². The normalized spacial score (nSPS) is 14.1. The molecule has 4 rings (SSSR count). The molecule has 1 aromatic carbocycles. The monoisotopic (exact) mass is 347 g/mol. The van der Waals surface area contributed by atoms with Gasteiger partial charge in [-0.15, -0.1) is 0 Å². The number of hydrogen-bond donors (Lipinski definition) is 0. The Labute approximate surface area is 154 Å². The molecule has 1 aliphatic rings. The highest BCUT2D eigenvalue weighted by molar-refractivity contribution is 5.96. The Bertz CT molecular complexity index is 994. The summed E-state index contributed by atoms with van der Waals surface area (Å²) >= 11 is 0. The average Bonchev–Trinajstić information content (AvgIpc) is 3.15. The molecule has 4 nitrogen and oxygen atoms in total. The molecule has 26 heavy (non-hydrogen) atoms. The van der Waals surface area contributed by atoms with Crippen molar-refractivity contribution in [3.63, 3.8) is 0 Å². The first-order valence-corrected chi connectivity index (χ1v) is 9.19. The number of benzene rings is 1. The predicted molar refractivity (Wildman–Crippen MR) is 105 cm³/mol. The van der Waals surface area contributed by atoms with Crippen LogP contribution in [0.2, 0.25) is 0 Å². The molecule has 0 saturated carbocycles. The van der Waals surface area contributed by atoms with E-state index in [1.165, 1.54) is 11.1 Å². The third kappa shape index (κ3) is 3.12. The second kappa shape index (κ2) is 5.97. The van der Waals surface area contributed by atoms with E-state index in [1.54, 1.807) is 0 Å². The highest BCUT2D eigenvalue weighted by atomic mass is 16.2. The maximum Gasteiger partial charge on any atom is 0.227 e. The molecule has 0 fully saturated rings. The molecule has 0 radical (unpaired) electrons. The molecule has 134 valence electrons. The van der Waals surface area contributed by atoms with E-state index in [0.717, 1.165) is 35.6 Å². The highest BCUT2D eigenvalue weighted by Crippen LogP contribution is 2.34. The van der Waals surface area contributed by atoms with Gasteiger partial charge in [0.15, 0.2) is 0 Å². The van der Waals surface area contributed by atoms with Crippen molar-refractivity contribution in [1.82, 2.24) is 9.38 Å². The van der Waals surface area contributed by atoms with Crippen LogP contribution in [0.5, 0.6) is 0 Å². The molecular formula is C22H25N3O. The number of amides is 1. The van der Waals surface area contributed by atoms with Crippen molar-refractivity contribution in [2.45, 2.75) is 40.5 Å². The topological polar surface area (TPSA) is 37.6 Å². The zero-order valence-corrected chi connectivity index (χ0v) is 15.9. The van der Waals surface area contributed by atoms with E-state index in [-0.39, 0.29) is 11.3 Å². The van der Waals surface area contributed by atoms with Crippen LogP contribution in [0.1, 0.15) is 38.3 Å². The number of nitrogens with zero attached hydrogens (tertiary/aromatic N) is 3. The first-order chi connectivity index (χ1) is 12.3. The standard InChI is InChI=1S/C22H25N3O/c1-15-5-8-20-23-18(14-24(20)13-15)16-6-7-19-17(11-16)9-10-25(19)21(26)12-22(2,3)4/h5-8,11,13-14H,9-10,12H2,1-4H3. The Kier molecular flexibility index (Phi) is 3.87. The van der Waals surface area contributed by atoms with Gasteiger partial charge in [-0.3, -0.25) is 4.79 Å². The van der Waals surface area contributed by atoms with Gasteiger partial charge < -0.3 is 9.30 Å². The quantitative estimate of drug-likeness (QED) is 0.677. The van der Waals surface area contributed by atoms with Gasteiger partial charge in [0.1, 0.15) is 5.65 Å². The average molecular weight is 347 g/mol. The molecular weight excluding hydrogens is 322 g/mol. The highest BCUT2D eigenvalue weighted by Gasteiger charge is 2.28. The molecule has 2 aromatic heterocycles. The summed E-state index contributed by atoms with van der Waals surface area (Å²) in [4.78, 5) is 19.3. The molecule has 3 heterocycles. The van der Waals surface area contributed by atoms with Gasteiger partial charge in [0, 0.05) is 36.6 Å². The maximum absolute atomic E-state index is 12.6. The number of rotatable bonds is 2. The van der Waals surface area contributed by atoms with Gasteiger partial charge in [0.25, 0.3) is 0 Å². The predicted octanol–water partition coefficient (Wildman–Crippen LogP) is 4.64. The van der Waals surface area contributed by atoms with E-state index in [4.69, 9.17) is 4.98 Å². The van der Waals surface area contributed by atoms with Gasteiger partial charge in [0.2, 0.25) is 5.91 Å². The molecule has 0 unspecified atom stereocenters. The summed E-state index contributed by atoms with van der Waals surface area (Å²) < 4.78 is 2.07. The molecule has 0 atom stereocenters. The lowest BCUT2D eigenvalue weighted by Gasteiger charge is -2.23. The molecule has 4 heteroatoms. The third-order valence-corrected chi connectivity index (χ3v) is 4.85. The SMILES string of the molecule is Cc1ccc2nc(-c3ccc4c(c3)CCN4C(=O)CC(C)(C)C)cn2c1. The van der Waals surface area contributed by atoms with Gasteiger partial charge in [-0.2, -0.15) is 0 Å². The van der Waals surface area contributed by atoms with E-state index < -0.39 is 0 Å². The van der Waals surface area contributed by atoms with Crippen molar-refractivity contribution in [2.24, 2.45) is 5.41 Å². The molecule has 1 aliphatic heterocycles. The molecule has 0 N–H and O–H groups in total. The Morgan fingerprint density at radius 3 is 2.73 bits per heavy atom. The van der Waals surface area contributed by atoms with Crippen LogP contribution >= 0.6 is 0 Å². The van der Waals surface area contributed by atoms with Gasteiger partial charge in [-0.05, 0) is 48.1 Å². The minimum absolute atomic E-state index is 0.00838. The second-order valence-electron chi connectivity index (χ2n) is 8.47. The molecule has 0 spiro atoms. The van der Waals surface area contributed by atoms with Gasteiger partial charge in [-0.1, -0.05) is 32.9 Å². The zero-order valence-electron chi connectivity index (χ0n) is 15.9. The Morgan fingerprint density at radius 2 is 1.96 bits per heavy atom. The summed E-state index contributed by atoms with van der Waals surface area (Å²) in [7, 11) is 0. The summed E-state index contributed by atoms with van der Waals surface area (Å²) in [6.45, 7) is 9.18. The largest absolute Gasteiger partial charge is 0.312 e. The van der Waals surface area contributed by atoms with Crippen LogP contribution in [-0.2, 0) is 11.2 Å². The molecule has 1 amide bonds. The maximum atomic E-state index is 12.6. The minimum Gasteiger partial charge on any atom is -0.312 e. The van der Waals surface area contributed by atoms with E-state index in [1.807, 2.05) is 11.0 Å². The number of imidazole rings is 1. The number of aromatic nitrogens is 2.